The first-order valence-electron chi connectivity index (χ1n) is 5.61. The maximum Gasteiger partial charge on any atom is 0.316 e. The maximum absolute atomic E-state index is 11.2. The van der Waals surface area contributed by atoms with Crippen molar-refractivity contribution in [1.82, 2.24) is 0 Å². The van der Waals surface area contributed by atoms with Gasteiger partial charge in [-0.15, -0.1) is 0 Å². The van der Waals surface area contributed by atoms with Gasteiger partial charge in [0.1, 0.15) is 0 Å². The maximum atomic E-state index is 11.2. The fraction of sp³-hybridized carbons (Fsp3) is 0. The fourth-order valence-electron chi connectivity index (χ4n) is 1.78. The third-order valence-corrected chi connectivity index (χ3v) is 3.48. The zero-order valence-electron chi connectivity index (χ0n) is 10.3. The molecule has 0 aliphatic rings. The molecule has 7 heteroatoms. The third-order valence-electron chi connectivity index (χ3n) is 2.63. The van der Waals surface area contributed by atoms with Crippen molar-refractivity contribution >= 4 is 21.8 Å². The van der Waals surface area contributed by atoms with Crippen molar-refractivity contribution in [1.29, 1.82) is 0 Å². The van der Waals surface area contributed by atoms with Crippen LogP contribution in [0.3, 0.4) is 0 Å². The molecule has 4 N–H and O–H groups in total. The molecule has 0 heterocycles. The number of amides is 2. The Morgan fingerprint density at radius 3 is 2.30 bits per heavy atom. The zero-order chi connectivity index (χ0) is 14.8. The number of urea groups is 1. The normalized spacial score (nSPS) is 11.1. The highest BCUT2D eigenvalue weighted by Gasteiger charge is 2.14. The molecule has 0 saturated heterocycles. The highest BCUT2D eigenvalue weighted by Crippen LogP contribution is 2.30. The number of hydrogen-bond donors (Lipinski definition) is 3. The summed E-state index contributed by atoms with van der Waals surface area (Å²) in [6, 6.07) is 11.9. The minimum absolute atomic E-state index is 0.258. The summed E-state index contributed by atoms with van der Waals surface area (Å²) in [5.41, 5.74) is 6.56. The van der Waals surface area contributed by atoms with Gasteiger partial charge in [-0.25, -0.2) is 4.79 Å². The van der Waals surface area contributed by atoms with E-state index in [1.807, 2.05) is 0 Å². The topological polar surface area (TPSA) is 109 Å². The van der Waals surface area contributed by atoms with E-state index in [0.717, 1.165) is 0 Å². The molecule has 0 aliphatic carbocycles. The Bertz CT molecular complexity index is 742. The van der Waals surface area contributed by atoms with Crippen LogP contribution in [0, 0.1) is 0 Å². The molecule has 2 amide bonds. The van der Waals surface area contributed by atoms with Gasteiger partial charge in [0, 0.05) is 5.56 Å². The van der Waals surface area contributed by atoms with E-state index in [1.54, 1.807) is 30.3 Å². The molecule has 0 spiro atoms. The van der Waals surface area contributed by atoms with Crippen molar-refractivity contribution < 1.29 is 17.8 Å². The van der Waals surface area contributed by atoms with Crippen LogP contribution in [0.15, 0.2) is 53.4 Å². The van der Waals surface area contributed by atoms with Crippen molar-refractivity contribution in [3.63, 3.8) is 0 Å². The highest BCUT2D eigenvalue weighted by atomic mass is 32.2. The number of carbonyl (C=O) groups is 1. The number of anilines is 1. The molecule has 0 radical (unpaired) electrons. The number of nitrogens with two attached hydrogens (primary N) is 1. The van der Waals surface area contributed by atoms with Gasteiger partial charge in [-0.2, -0.15) is 8.42 Å². The number of primary amides is 1. The van der Waals surface area contributed by atoms with Crippen LogP contribution in [0.4, 0.5) is 10.5 Å². The summed E-state index contributed by atoms with van der Waals surface area (Å²) in [5, 5.41) is 2.41. The standard InChI is InChI=1S/C13H12N2O4S/c14-13(16)15-12-7-6-10(20(17,18)19)8-11(12)9-4-2-1-3-5-9/h1-8H,(H3,14,15,16)(H,17,18,19). The van der Waals surface area contributed by atoms with Crippen LogP contribution in [0.25, 0.3) is 11.1 Å². The van der Waals surface area contributed by atoms with Gasteiger partial charge in [0.25, 0.3) is 10.1 Å². The predicted octanol–water partition coefficient (Wildman–Crippen LogP) is 2.09. The van der Waals surface area contributed by atoms with Gasteiger partial charge in [0.2, 0.25) is 0 Å². The van der Waals surface area contributed by atoms with Crippen LogP contribution in [0.2, 0.25) is 0 Å². The molecule has 2 rings (SSSR count). The van der Waals surface area contributed by atoms with Crippen LogP contribution in [0.1, 0.15) is 0 Å². The van der Waals surface area contributed by atoms with Gasteiger partial charge in [0.05, 0.1) is 10.6 Å². The lowest BCUT2D eigenvalue weighted by Crippen LogP contribution is -2.19. The summed E-state index contributed by atoms with van der Waals surface area (Å²) in [6.07, 6.45) is 0. The lowest BCUT2D eigenvalue weighted by molar-refractivity contribution is 0.259. The largest absolute Gasteiger partial charge is 0.351 e. The highest BCUT2D eigenvalue weighted by molar-refractivity contribution is 7.85. The predicted molar refractivity (Wildman–Crippen MR) is 74.9 cm³/mol. The second-order valence-corrected chi connectivity index (χ2v) is 5.46. The van der Waals surface area contributed by atoms with Crippen LogP contribution in [0.5, 0.6) is 0 Å². The Labute approximate surface area is 116 Å². The Kier molecular flexibility index (Phi) is 3.73. The Morgan fingerprint density at radius 2 is 1.75 bits per heavy atom. The zero-order valence-corrected chi connectivity index (χ0v) is 11.1. The van der Waals surface area contributed by atoms with Gasteiger partial charge in [0.15, 0.2) is 0 Å². The van der Waals surface area contributed by atoms with E-state index in [2.05, 4.69) is 5.32 Å². The Balaban J connectivity index is 2.63. The minimum Gasteiger partial charge on any atom is -0.351 e. The molecule has 0 atom stereocenters. The minimum atomic E-state index is -4.32. The lowest BCUT2D eigenvalue weighted by Gasteiger charge is -2.11. The molecular formula is C13H12N2O4S. The molecule has 2 aromatic carbocycles. The SMILES string of the molecule is NC(=O)Nc1ccc(S(=O)(=O)O)cc1-c1ccccc1. The average Bonchev–Trinajstić information content (AvgIpc) is 2.38. The van der Waals surface area contributed by atoms with Crippen molar-refractivity contribution in [3.8, 4) is 11.1 Å². The summed E-state index contributed by atoms with van der Waals surface area (Å²) in [7, 11) is -4.32. The fourth-order valence-corrected chi connectivity index (χ4v) is 2.29. The van der Waals surface area contributed by atoms with E-state index in [1.165, 1.54) is 18.2 Å². The molecule has 6 nitrogen and oxygen atoms in total. The lowest BCUT2D eigenvalue weighted by atomic mass is 10.0. The smallest absolute Gasteiger partial charge is 0.316 e. The van der Waals surface area contributed by atoms with E-state index in [4.69, 9.17) is 10.3 Å². The van der Waals surface area contributed by atoms with Crippen LogP contribution in [-0.4, -0.2) is 19.0 Å². The summed E-state index contributed by atoms with van der Waals surface area (Å²) < 4.78 is 31.5. The molecule has 0 bridgehead atoms. The van der Waals surface area contributed by atoms with Gasteiger partial charge in [-0.3, -0.25) is 4.55 Å². The molecule has 20 heavy (non-hydrogen) atoms. The summed E-state index contributed by atoms with van der Waals surface area (Å²) >= 11 is 0. The van der Waals surface area contributed by atoms with Crippen molar-refractivity contribution in [2.45, 2.75) is 4.90 Å². The van der Waals surface area contributed by atoms with Gasteiger partial charge < -0.3 is 11.1 Å². The van der Waals surface area contributed by atoms with E-state index >= 15 is 0 Å². The first-order valence-corrected chi connectivity index (χ1v) is 7.05. The second kappa shape index (κ2) is 5.32. The second-order valence-electron chi connectivity index (χ2n) is 4.04. The Morgan fingerprint density at radius 1 is 1.10 bits per heavy atom. The molecule has 0 aromatic heterocycles. The monoisotopic (exact) mass is 292 g/mol. The number of nitrogens with one attached hydrogen (secondary N) is 1. The van der Waals surface area contributed by atoms with Crippen molar-refractivity contribution in [2.75, 3.05) is 5.32 Å². The molecular weight excluding hydrogens is 280 g/mol. The van der Waals surface area contributed by atoms with E-state index in [-0.39, 0.29) is 4.90 Å². The average molecular weight is 292 g/mol. The number of rotatable bonds is 3. The van der Waals surface area contributed by atoms with Gasteiger partial charge >= 0.3 is 6.03 Å². The summed E-state index contributed by atoms with van der Waals surface area (Å²) in [5.74, 6) is 0. The van der Waals surface area contributed by atoms with Crippen LogP contribution >= 0.6 is 0 Å². The molecule has 0 saturated carbocycles. The molecule has 0 aliphatic heterocycles. The molecule has 0 fully saturated rings. The van der Waals surface area contributed by atoms with E-state index in [9.17, 15) is 13.2 Å². The van der Waals surface area contributed by atoms with E-state index in [0.29, 0.717) is 16.8 Å². The van der Waals surface area contributed by atoms with Gasteiger partial charge in [-0.05, 0) is 23.8 Å². The number of carbonyl (C=O) groups excluding carboxylic acids is 1. The van der Waals surface area contributed by atoms with Crippen LogP contribution < -0.4 is 11.1 Å². The number of hydrogen-bond acceptors (Lipinski definition) is 3. The quantitative estimate of drug-likeness (QED) is 0.752. The van der Waals surface area contributed by atoms with E-state index < -0.39 is 16.1 Å². The number of benzene rings is 2. The Hall–Kier alpha value is -2.38. The summed E-state index contributed by atoms with van der Waals surface area (Å²) in [4.78, 5) is 10.7. The van der Waals surface area contributed by atoms with Gasteiger partial charge in [-0.1, -0.05) is 30.3 Å². The van der Waals surface area contributed by atoms with Crippen molar-refractivity contribution in [2.24, 2.45) is 5.73 Å². The molecule has 0 unspecified atom stereocenters. The first-order chi connectivity index (χ1) is 9.38. The molecule has 104 valence electrons. The summed E-state index contributed by atoms with van der Waals surface area (Å²) in [6.45, 7) is 0. The first kappa shape index (κ1) is 14.0. The third kappa shape index (κ3) is 3.14. The van der Waals surface area contributed by atoms with Crippen molar-refractivity contribution in [3.05, 3.63) is 48.5 Å². The van der Waals surface area contributed by atoms with Crippen LogP contribution in [-0.2, 0) is 10.1 Å². The molecule has 2 aromatic rings.